The zero-order valence-electron chi connectivity index (χ0n) is 16.7. The van der Waals surface area contributed by atoms with Gasteiger partial charge in [-0.3, -0.25) is 14.3 Å². The summed E-state index contributed by atoms with van der Waals surface area (Å²) < 4.78 is 28.4. The number of benzene rings is 3. The summed E-state index contributed by atoms with van der Waals surface area (Å²) in [5, 5.41) is 9.77. The molecule has 0 radical (unpaired) electrons. The molecule has 1 heterocycles. The lowest BCUT2D eigenvalue weighted by molar-refractivity contribution is 0.102. The molecule has 0 fully saturated rings. The molecule has 4 aromatic rings. The maximum atomic E-state index is 13.0. The van der Waals surface area contributed by atoms with Crippen LogP contribution in [0, 0.1) is 6.92 Å². The van der Waals surface area contributed by atoms with Gasteiger partial charge >= 0.3 is 0 Å². The number of H-pyrrole nitrogens is 1. The SMILES string of the molecule is Cc1ccc(NC(=O)c2n[nH]c(=O)c3ccccc23)cc1S(=O)(=O)Nc1ccccc1Cl. The van der Waals surface area contributed by atoms with Crippen LogP contribution in [0.1, 0.15) is 16.1 Å². The average Bonchev–Trinajstić information content (AvgIpc) is 2.77. The fourth-order valence-corrected chi connectivity index (χ4v) is 4.78. The number of sulfonamides is 1. The molecule has 10 heteroatoms. The van der Waals surface area contributed by atoms with Crippen LogP contribution in [-0.2, 0) is 10.0 Å². The summed E-state index contributed by atoms with van der Waals surface area (Å²) >= 11 is 6.07. The van der Waals surface area contributed by atoms with Crippen LogP contribution in [0.3, 0.4) is 0 Å². The number of aromatic nitrogens is 2. The Balaban J connectivity index is 1.66. The highest BCUT2D eigenvalue weighted by Gasteiger charge is 2.20. The van der Waals surface area contributed by atoms with E-state index in [9.17, 15) is 18.0 Å². The quantitative estimate of drug-likeness (QED) is 0.409. The normalized spacial score (nSPS) is 11.3. The third-order valence-electron chi connectivity index (χ3n) is 4.76. The topological polar surface area (TPSA) is 121 Å². The second kappa shape index (κ2) is 8.45. The molecule has 1 amide bonds. The van der Waals surface area contributed by atoms with Gasteiger partial charge in [-0.2, -0.15) is 5.10 Å². The Labute approximate surface area is 188 Å². The number of halogens is 1. The summed E-state index contributed by atoms with van der Waals surface area (Å²) in [6.45, 7) is 1.64. The van der Waals surface area contributed by atoms with E-state index in [-0.39, 0.29) is 27.0 Å². The van der Waals surface area contributed by atoms with Crippen LogP contribution in [0.25, 0.3) is 10.8 Å². The molecule has 0 aliphatic rings. The molecule has 1 aromatic heterocycles. The zero-order chi connectivity index (χ0) is 22.9. The standard InChI is InChI=1S/C22H17ClN4O4S/c1-13-10-11-14(12-19(13)32(30,31)27-18-9-5-4-8-17(18)23)24-22(29)20-15-6-2-3-7-16(15)21(28)26-25-20/h2-12,27H,1H3,(H,24,29)(H,26,28). The van der Waals surface area contributed by atoms with Crippen molar-refractivity contribution < 1.29 is 13.2 Å². The number of aryl methyl sites for hydroxylation is 1. The second-order valence-corrected chi connectivity index (χ2v) is 9.02. The van der Waals surface area contributed by atoms with E-state index in [1.807, 2.05) is 0 Å². The van der Waals surface area contributed by atoms with E-state index in [1.165, 1.54) is 6.07 Å². The van der Waals surface area contributed by atoms with Crippen LogP contribution in [0.2, 0.25) is 5.02 Å². The highest BCUT2D eigenvalue weighted by molar-refractivity contribution is 7.92. The lowest BCUT2D eigenvalue weighted by Crippen LogP contribution is -2.20. The first-order chi connectivity index (χ1) is 15.3. The maximum absolute atomic E-state index is 13.0. The largest absolute Gasteiger partial charge is 0.321 e. The third-order valence-corrected chi connectivity index (χ3v) is 6.60. The molecule has 0 spiro atoms. The summed E-state index contributed by atoms with van der Waals surface area (Å²) in [6, 6.07) is 17.6. The molecule has 0 saturated carbocycles. The lowest BCUT2D eigenvalue weighted by Gasteiger charge is -2.13. The number of nitrogens with one attached hydrogen (secondary N) is 3. The van der Waals surface area contributed by atoms with Crippen molar-refractivity contribution in [2.75, 3.05) is 10.0 Å². The fourth-order valence-electron chi connectivity index (χ4n) is 3.19. The molecule has 0 saturated heterocycles. The van der Waals surface area contributed by atoms with Crippen LogP contribution in [0.15, 0.2) is 76.4 Å². The number of hydrogen-bond acceptors (Lipinski definition) is 5. The number of carbonyl (C=O) groups is 1. The molecule has 8 nitrogen and oxygen atoms in total. The van der Waals surface area contributed by atoms with Gasteiger partial charge in [-0.15, -0.1) is 0 Å². The highest BCUT2D eigenvalue weighted by Crippen LogP contribution is 2.27. The smallest absolute Gasteiger partial charge is 0.276 e. The van der Waals surface area contributed by atoms with Gasteiger partial charge in [0.2, 0.25) is 0 Å². The number of nitrogens with zero attached hydrogens (tertiary/aromatic N) is 1. The number of rotatable bonds is 5. The minimum Gasteiger partial charge on any atom is -0.321 e. The molecule has 4 rings (SSSR count). The molecule has 0 unspecified atom stereocenters. The number of anilines is 2. The van der Waals surface area contributed by atoms with Gasteiger partial charge in [-0.05, 0) is 42.8 Å². The van der Waals surface area contributed by atoms with Crippen molar-refractivity contribution in [3.05, 3.63) is 93.4 Å². The van der Waals surface area contributed by atoms with Crippen molar-refractivity contribution in [1.82, 2.24) is 10.2 Å². The summed E-state index contributed by atoms with van der Waals surface area (Å²) in [4.78, 5) is 24.8. The first kappa shape index (κ1) is 21.5. The molecular formula is C22H17ClN4O4S. The van der Waals surface area contributed by atoms with E-state index in [2.05, 4.69) is 20.2 Å². The van der Waals surface area contributed by atoms with E-state index in [4.69, 9.17) is 11.6 Å². The van der Waals surface area contributed by atoms with E-state index in [0.29, 0.717) is 16.3 Å². The molecular weight excluding hydrogens is 452 g/mol. The Morgan fingerprint density at radius 1 is 1.00 bits per heavy atom. The minimum absolute atomic E-state index is 0.0133. The van der Waals surface area contributed by atoms with E-state index in [0.717, 1.165) is 0 Å². The van der Waals surface area contributed by atoms with Crippen LogP contribution in [-0.4, -0.2) is 24.5 Å². The molecule has 32 heavy (non-hydrogen) atoms. The summed E-state index contributed by atoms with van der Waals surface area (Å²) in [5.74, 6) is -0.594. The summed E-state index contributed by atoms with van der Waals surface area (Å²) in [6.07, 6.45) is 0. The second-order valence-electron chi connectivity index (χ2n) is 6.97. The summed E-state index contributed by atoms with van der Waals surface area (Å²) in [7, 11) is -3.98. The van der Waals surface area contributed by atoms with Gasteiger partial charge in [0.05, 0.1) is 21.0 Å². The van der Waals surface area contributed by atoms with Gasteiger partial charge in [0.15, 0.2) is 5.69 Å². The molecule has 0 aliphatic carbocycles. The van der Waals surface area contributed by atoms with Gasteiger partial charge in [-0.25, -0.2) is 13.5 Å². The number of para-hydroxylation sites is 1. The maximum Gasteiger partial charge on any atom is 0.276 e. The van der Waals surface area contributed by atoms with Gasteiger partial charge in [0, 0.05) is 11.1 Å². The zero-order valence-corrected chi connectivity index (χ0v) is 18.3. The van der Waals surface area contributed by atoms with Crippen LogP contribution in [0.4, 0.5) is 11.4 Å². The number of fused-ring (bicyclic) bond motifs is 1. The third kappa shape index (κ3) is 4.20. The van der Waals surface area contributed by atoms with Crippen molar-refractivity contribution in [3.63, 3.8) is 0 Å². The first-order valence-corrected chi connectivity index (χ1v) is 11.3. The van der Waals surface area contributed by atoms with Gasteiger partial charge in [0.1, 0.15) is 0 Å². The molecule has 0 aliphatic heterocycles. The first-order valence-electron chi connectivity index (χ1n) is 9.43. The van der Waals surface area contributed by atoms with Crippen LogP contribution >= 0.6 is 11.6 Å². The number of hydrogen-bond donors (Lipinski definition) is 3. The number of carbonyl (C=O) groups excluding carboxylic acids is 1. The van der Waals surface area contributed by atoms with E-state index >= 15 is 0 Å². The molecule has 0 bridgehead atoms. The predicted molar refractivity (Wildman–Crippen MR) is 124 cm³/mol. The molecule has 0 atom stereocenters. The minimum atomic E-state index is -3.98. The van der Waals surface area contributed by atoms with Crippen LogP contribution < -0.4 is 15.6 Å². The molecule has 3 N–H and O–H groups in total. The van der Waals surface area contributed by atoms with Crippen molar-refractivity contribution in [2.24, 2.45) is 0 Å². The van der Waals surface area contributed by atoms with E-state index < -0.39 is 21.5 Å². The monoisotopic (exact) mass is 468 g/mol. The number of aromatic amines is 1. The Morgan fingerprint density at radius 3 is 2.44 bits per heavy atom. The average molecular weight is 469 g/mol. The number of amides is 1. The van der Waals surface area contributed by atoms with Crippen molar-refractivity contribution in [2.45, 2.75) is 11.8 Å². The predicted octanol–water partition coefficient (Wildman–Crippen LogP) is 3.94. The van der Waals surface area contributed by atoms with Gasteiger partial charge in [0.25, 0.3) is 21.5 Å². The summed E-state index contributed by atoms with van der Waals surface area (Å²) in [5.41, 5.74) is 0.574. The molecule has 162 valence electrons. The Morgan fingerprint density at radius 2 is 1.69 bits per heavy atom. The fraction of sp³-hybridized carbons (Fsp3) is 0.0455. The lowest BCUT2D eigenvalue weighted by atomic mass is 10.1. The van der Waals surface area contributed by atoms with Gasteiger partial charge < -0.3 is 5.32 Å². The van der Waals surface area contributed by atoms with Crippen molar-refractivity contribution in [1.29, 1.82) is 0 Å². The highest BCUT2D eigenvalue weighted by atomic mass is 35.5. The Bertz CT molecular complexity index is 1520. The van der Waals surface area contributed by atoms with Crippen LogP contribution in [0.5, 0.6) is 0 Å². The van der Waals surface area contributed by atoms with Crippen molar-refractivity contribution in [3.8, 4) is 0 Å². The van der Waals surface area contributed by atoms with Gasteiger partial charge in [-0.1, -0.05) is 48.0 Å². The molecule has 3 aromatic carbocycles. The Kier molecular flexibility index (Phi) is 5.68. The van der Waals surface area contributed by atoms with Crippen molar-refractivity contribution >= 4 is 49.7 Å². The van der Waals surface area contributed by atoms with E-state index in [1.54, 1.807) is 67.6 Å². The Hall–Kier alpha value is -3.69.